The summed E-state index contributed by atoms with van der Waals surface area (Å²) >= 11 is 0. The highest BCUT2D eigenvalue weighted by Gasteiger charge is 2.37. The number of halogens is 3. The molecule has 0 spiro atoms. The van der Waals surface area contributed by atoms with Crippen LogP contribution in [-0.4, -0.2) is 25.5 Å². The summed E-state index contributed by atoms with van der Waals surface area (Å²) in [5, 5.41) is 11.1. The Morgan fingerprint density at radius 3 is 2.52 bits per heavy atom. The molecule has 0 saturated carbocycles. The Bertz CT molecular complexity index is 629. The fourth-order valence-electron chi connectivity index (χ4n) is 1.66. The predicted molar refractivity (Wildman–Crippen MR) is 69.3 cm³/mol. The molecule has 0 bridgehead atoms. The summed E-state index contributed by atoms with van der Waals surface area (Å²) in [5.74, 6) is -0.241. The molecule has 118 valence electrons. The topological polar surface area (TPSA) is 105 Å². The molecule has 1 atom stereocenters. The first-order chi connectivity index (χ1) is 9.58. The number of nitrogens with one attached hydrogen (secondary N) is 1. The van der Waals surface area contributed by atoms with Crippen LogP contribution in [0.25, 0.3) is 0 Å². The van der Waals surface area contributed by atoms with Crippen LogP contribution in [0, 0.1) is 0 Å². The van der Waals surface area contributed by atoms with Crippen molar-refractivity contribution in [1.82, 2.24) is 4.72 Å². The van der Waals surface area contributed by atoms with E-state index in [0.717, 1.165) is 12.1 Å². The molecule has 0 aromatic heterocycles. The van der Waals surface area contributed by atoms with Gasteiger partial charge in [0.25, 0.3) is 0 Å². The Morgan fingerprint density at radius 2 is 2.00 bits per heavy atom. The van der Waals surface area contributed by atoms with Crippen LogP contribution in [0.3, 0.4) is 0 Å². The van der Waals surface area contributed by atoms with Crippen LogP contribution in [0.1, 0.15) is 18.9 Å². The molecule has 10 heteroatoms. The van der Waals surface area contributed by atoms with Gasteiger partial charge in [-0.15, -0.1) is 0 Å². The number of benzene rings is 1. The maximum atomic E-state index is 12.8. The first-order valence-corrected chi connectivity index (χ1v) is 7.21. The molecule has 1 aromatic carbocycles. The summed E-state index contributed by atoms with van der Waals surface area (Å²) in [4.78, 5) is -0.871. The molecule has 0 saturated heterocycles. The molecule has 1 unspecified atom stereocenters. The highest BCUT2D eigenvalue weighted by molar-refractivity contribution is 7.89. The zero-order chi connectivity index (χ0) is 16.3. The summed E-state index contributed by atoms with van der Waals surface area (Å²) in [6, 6.07) is 3.00. The van der Waals surface area contributed by atoms with E-state index in [2.05, 4.69) is 9.88 Å². The van der Waals surface area contributed by atoms with Crippen LogP contribution >= 0.6 is 0 Å². The lowest BCUT2D eigenvalue weighted by molar-refractivity contribution is -0.139. The van der Waals surface area contributed by atoms with Gasteiger partial charge in [0.1, 0.15) is 5.84 Å². The van der Waals surface area contributed by atoms with Gasteiger partial charge in [-0.05, 0) is 19.1 Å². The minimum absolute atomic E-state index is 0.149. The average Bonchev–Trinajstić information content (AvgIpc) is 2.36. The van der Waals surface area contributed by atoms with Crippen molar-refractivity contribution in [2.45, 2.75) is 30.5 Å². The zero-order valence-corrected chi connectivity index (χ0v) is 11.7. The van der Waals surface area contributed by atoms with E-state index < -0.39 is 32.7 Å². The maximum Gasteiger partial charge on any atom is 0.417 e. The SMILES string of the molecule is CC(CC(N)=NO)NS(=O)(=O)c1ccccc1C(F)(F)F. The van der Waals surface area contributed by atoms with E-state index in [4.69, 9.17) is 10.9 Å². The Balaban J connectivity index is 3.10. The number of nitrogens with zero attached hydrogens (tertiary/aromatic N) is 1. The molecule has 0 radical (unpaired) electrons. The standard InChI is InChI=1S/C11H14F3N3O3S/c1-7(6-10(15)16-18)17-21(19,20)9-5-3-2-4-8(9)11(12,13)14/h2-5,7,17-18H,6H2,1H3,(H2,15,16). The third-order valence-electron chi connectivity index (χ3n) is 2.48. The van der Waals surface area contributed by atoms with E-state index in [1.807, 2.05) is 0 Å². The van der Waals surface area contributed by atoms with Crippen molar-refractivity contribution in [2.75, 3.05) is 0 Å². The number of amidine groups is 1. The molecule has 1 aromatic rings. The maximum absolute atomic E-state index is 12.8. The van der Waals surface area contributed by atoms with Crippen molar-refractivity contribution in [3.63, 3.8) is 0 Å². The molecule has 0 amide bonds. The third kappa shape index (κ3) is 4.60. The highest BCUT2D eigenvalue weighted by atomic mass is 32.2. The molecule has 4 N–H and O–H groups in total. The molecule has 0 heterocycles. The number of rotatable bonds is 5. The van der Waals surface area contributed by atoms with Gasteiger partial charge in [-0.25, -0.2) is 13.1 Å². The number of nitrogens with two attached hydrogens (primary N) is 1. The van der Waals surface area contributed by atoms with Gasteiger partial charge < -0.3 is 10.9 Å². The number of oxime groups is 1. The first-order valence-electron chi connectivity index (χ1n) is 5.73. The number of hydrogen-bond acceptors (Lipinski definition) is 4. The first kappa shape index (κ1) is 17.2. The largest absolute Gasteiger partial charge is 0.417 e. The van der Waals surface area contributed by atoms with Crippen LogP contribution < -0.4 is 10.5 Å². The summed E-state index contributed by atoms with van der Waals surface area (Å²) < 4.78 is 64.6. The Hall–Kier alpha value is -1.81. The second kappa shape index (κ2) is 6.31. The number of sulfonamides is 1. The van der Waals surface area contributed by atoms with E-state index in [-0.39, 0.29) is 12.3 Å². The monoisotopic (exact) mass is 325 g/mol. The Morgan fingerprint density at radius 1 is 1.43 bits per heavy atom. The molecule has 0 aliphatic carbocycles. The van der Waals surface area contributed by atoms with Crippen LogP contribution in [0.15, 0.2) is 34.3 Å². The van der Waals surface area contributed by atoms with Crippen molar-refractivity contribution >= 4 is 15.9 Å². The summed E-state index contributed by atoms with van der Waals surface area (Å²) in [5.41, 5.74) is 3.96. The highest BCUT2D eigenvalue weighted by Crippen LogP contribution is 2.33. The van der Waals surface area contributed by atoms with Gasteiger partial charge in [-0.1, -0.05) is 17.3 Å². The van der Waals surface area contributed by atoms with Crippen LogP contribution in [0.5, 0.6) is 0 Å². The second-order valence-electron chi connectivity index (χ2n) is 4.31. The normalized spacial score (nSPS) is 15.0. The Labute approximate surface area is 119 Å². The average molecular weight is 325 g/mol. The molecule has 0 aliphatic heterocycles. The summed E-state index contributed by atoms with van der Waals surface area (Å²) in [6.45, 7) is 1.38. The quantitative estimate of drug-likeness (QED) is 0.330. The predicted octanol–water partition coefficient (Wildman–Crippen LogP) is 1.51. The third-order valence-corrected chi connectivity index (χ3v) is 4.13. The molecular formula is C11H14F3N3O3S. The van der Waals surface area contributed by atoms with Crippen molar-refractivity contribution in [3.05, 3.63) is 29.8 Å². The molecule has 0 aliphatic rings. The lowest BCUT2D eigenvalue weighted by Gasteiger charge is -2.17. The molecule has 6 nitrogen and oxygen atoms in total. The second-order valence-corrected chi connectivity index (χ2v) is 5.99. The van der Waals surface area contributed by atoms with Crippen molar-refractivity contribution < 1.29 is 26.8 Å². The van der Waals surface area contributed by atoms with Crippen LogP contribution in [0.4, 0.5) is 13.2 Å². The van der Waals surface area contributed by atoms with Crippen LogP contribution in [0.2, 0.25) is 0 Å². The molecule has 0 fully saturated rings. The molecular weight excluding hydrogens is 311 g/mol. The van der Waals surface area contributed by atoms with Gasteiger partial charge in [0.15, 0.2) is 0 Å². The van der Waals surface area contributed by atoms with Gasteiger partial charge in [0, 0.05) is 12.5 Å². The lowest BCUT2D eigenvalue weighted by atomic mass is 10.2. The van der Waals surface area contributed by atoms with Crippen molar-refractivity contribution in [3.8, 4) is 0 Å². The Kier molecular flexibility index (Phi) is 5.18. The van der Waals surface area contributed by atoms with E-state index in [1.165, 1.54) is 13.0 Å². The zero-order valence-electron chi connectivity index (χ0n) is 10.9. The fourth-order valence-corrected chi connectivity index (χ4v) is 3.13. The van der Waals surface area contributed by atoms with Crippen molar-refractivity contribution in [2.24, 2.45) is 10.9 Å². The van der Waals surface area contributed by atoms with E-state index in [9.17, 15) is 21.6 Å². The van der Waals surface area contributed by atoms with Crippen LogP contribution in [-0.2, 0) is 16.2 Å². The van der Waals surface area contributed by atoms with Gasteiger partial charge in [0.2, 0.25) is 10.0 Å². The van der Waals surface area contributed by atoms with E-state index >= 15 is 0 Å². The van der Waals surface area contributed by atoms with E-state index in [0.29, 0.717) is 6.07 Å². The van der Waals surface area contributed by atoms with Gasteiger partial charge in [-0.3, -0.25) is 0 Å². The fraction of sp³-hybridized carbons (Fsp3) is 0.364. The minimum atomic E-state index is -4.79. The lowest BCUT2D eigenvalue weighted by Crippen LogP contribution is -2.36. The van der Waals surface area contributed by atoms with E-state index in [1.54, 1.807) is 0 Å². The number of hydrogen-bond donors (Lipinski definition) is 3. The number of alkyl halides is 3. The van der Waals surface area contributed by atoms with Gasteiger partial charge in [-0.2, -0.15) is 13.2 Å². The van der Waals surface area contributed by atoms with Gasteiger partial charge >= 0.3 is 6.18 Å². The minimum Gasteiger partial charge on any atom is -0.409 e. The van der Waals surface area contributed by atoms with Gasteiger partial charge in [0.05, 0.1) is 10.5 Å². The summed E-state index contributed by atoms with van der Waals surface area (Å²) in [6.07, 6.45) is -4.94. The van der Waals surface area contributed by atoms with Crippen molar-refractivity contribution in [1.29, 1.82) is 0 Å². The molecule has 21 heavy (non-hydrogen) atoms. The molecule has 1 rings (SSSR count). The smallest absolute Gasteiger partial charge is 0.409 e. The summed E-state index contributed by atoms with van der Waals surface area (Å²) in [7, 11) is -4.39.